The Labute approximate surface area is 166 Å². The molecule has 28 heavy (non-hydrogen) atoms. The Morgan fingerprint density at radius 3 is 2.54 bits per heavy atom. The molecule has 0 amide bonds. The Morgan fingerprint density at radius 2 is 1.86 bits per heavy atom. The first kappa shape index (κ1) is 20.8. The molecule has 1 unspecified atom stereocenters. The number of guanidine groups is 1. The molecule has 0 aromatic heterocycles. The third kappa shape index (κ3) is 5.54. The SMILES string of the molecule is CN=C(NCC(C)CN1CCOCC1)N1CCN(c2cc(F)ccc2F)CC1. The number of rotatable bonds is 5. The van der Waals surface area contributed by atoms with E-state index >= 15 is 0 Å². The molecule has 0 saturated carbocycles. The molecule has 2 aliphatic rings. The van der Waals surface area contributed by atoms with Crippen LogP contribution < -0.4 is 10.2 Å². The third-order valence-corrected chi connectivity index (χ3v) is 5.32. The first-order valence-corrected chi connectivity index (χ1v) is 10.0. The molecular formula is C20H31F2N5O. The van der Waals surface area contributed by atoms with Crippen molar-refractivity contribution >= 4 is 11.6 Å². The van der Waals surface area contributed by atoms with E-state index in [0.717, 1.165) is 51.4 Å². The van der Waals surface area contributed by atoms with Gasteiger partial charge in [-0.3, -0.25) is 9.89 Å². The standard InChI is InChI=1S/C20H31F2N5O/c1-16(15-25-9-11-28-12-10-25)14-24-20(23-2)27-7-5-26(6-8-27)19-13-17(21)3-4-18(19)22/h3-4,13,16H,5-12,14-15H2,1-2H3,(H,23,24). The van der Waals surface area contributed by atoms with Crippen LogP contribution in [0, 0.1) is 17.6 Å². The van der Waals surface area contributed by atoms with Crippen molar-refractivity contribution in [3.63, 3.8) is 0 Å². The predicted octanol–water partition coefficient (Wildman–Crippen LogP) is 1.63. The molecule has 1 aromatic carbocycles. The van der Waals surface area contributed by atoms with Crippen LogP contribution in [0.25, 0.3) is 0 Å². The highest BCUT2D eigenvalue weighted by Crippen LogP contribution is 2.21. The van der Waals surface area contributed by atoms with Crippen molar-refractivity contribution in [1.29, 1.82) is 0 Å². The van der Waals surface area contributed by atoms with E-state index in [4.69, 9.17) is 4.74 Å². The quantitative estimate of drug-likeness (QED) is 0.607. The maximum Gasteiger partial charge on any atom is 0.193 e. The molecule has 0 aliphatic carbocycles. The minimum Gasteiger partial charge on any atom is -0.379 e. The van der Waals surface area contributed by atoms with Crippen molar-refractivity contribution in [3.8, 4) is 0 Å². The number of nitrogens with zero attached hydrogens (tertiary/aromatic N) is 4. The van der Waals surface area contributed by atoms with Crippen molar-refractivity contribution < 1.29 is 13.5 Å². The largest absolute Gasteiger partial charge is 0.379 e. The van der Waals surface area contributed by atoms with Gasteiger partial charge in [0, 0.05) is 65.5 Å². The van der Waals surface area contributed by atoms with Gasteiger partial charge in [-0.1, -0.05) is 6.92 Å². The van der Waals surface area contributed by atoms with Gasteiger partial charge in [0.2, 0.25) is 0 Å². The Morgan fingerprint density at radius 1 is 1.14 bits per heavy atom. The fourth-order valence-corrected chi connectivity index (χ4v) is 3.77. The van der Waals surface area contributed by atoms with E-state index in [1.807, 2.05) is 4.90 Å². The lowest BCUT2D eigenvalue weighted by Gasteiger charge is -2.38. The summed E-state index contributed by atoms with van der Waals surface area (Å²) >= 11 is 0. The molecular weight excluding hydrogens is 364 g/mol. The second kappa shape index (κ2) is 10.0. The van der Waals surface area contributed by atoms with Gasteiger partial charge in [-0.2, -0.15) is 0 Å². The topological polar surface area (TPSA) is 43.3 Å². The Hall–Kier alpha value is -1.93. The van der Waals surface area contributed by atoms with Crippen LogP contribution in [0.15, 0.2) is 23.2 Å². The van der Waals surface area contributed by atoms with Crippen LogP contribution in [0.2, 0.25) is 0 Å². The summed E-state index contributed by atoms with van der Waals surface area (Å²) in [5.74, 6) is 0.575. The van der Waals surface area contributed by atoms with E-state index in [-0.39, 0.29) is 5.82 Å². The molecule has 0 radical (unpaired) electrons. The Kier molecular flexibility index (Phi) is 7.44. The number of anilines is 1. The van der Waals surface area contributed by atoms with Crippen molar-refractivity contribution in [3.05, 3.63) is 29.8 Å². The molecule has 2 saturated heterocycles. The maximum atomic E-state index is 14.0. The Bertz CT molecular complexity index is 658. The number of ether oxygens (including phenoxy) is 1. The lowest BCUT2D eigenvalue weighted by atomic mass is 10.1. The molecule has 0 bridgehead atoms. The summed E-state index contributed by atoms with van der Waals surface area (Å²) in [5.41, 5.74) is 0.335. The molecule has 6 nitrogen and oxygen atoms in total. The van der Waals surface area contributed by atoms with Crippen molar-refractivity contribution in [2.75, 3.05) is 77.5 Å². The van der Waals surface area contributed by atoms with Crippen molar-refractivity contribution in [1.82, 2.24) is 15.1 Å². The maximum absolute atomic E-state index is 14.0. The van der Waals surface area contributed by atoms with E-state index < -0.39 is 5.82 Å². The van der Waals surface area contributed by atoms with Crippen LogP contribution in [0.4, 0.5) is 14.5 Å². The van der Waals surface area contributed by atoms with Gasteiger partial charge in [0.15, 0.2) is 5.96 Å². The molecule has 156 valence electrons. The average molecular weight is 395 g/mol. The highest BCUT2D eigenvalue weighted by atomic mass is 19.1. The van der Waals surface area contributed by atoms with E-state index in [1.54, 1.807) is 7.05 Å². The Balaban J connectivity index is 1.46. The van der Waals surface area contributed by atoms with Crippen LogP contribution in [0.1, 0.15) is 6.92 Å². The smallest absolute Gasteiger partial charge is 0.193 e. The van der Waals surface area contributed by atoms with Gasteiger partial charge in [0.1, 0.15) is 11.6 Å². The number of hydrogen-bond donors (Lipinski definition) is 1. The van der Waals surface area contributed by atoms with Crippen molar-refractivity contribution in [2.24, 2.45) is 10.9 Å². The third-order valence-electron chi connectivity index (χ3n) is 5.32. The normalized spacial score (nSPS) is 20.4. The number of piperazine rings is 1. The number of aliphatic imine (C=N–C) groups is 1. The van der Waals surface area contributed by atoms with Crippen LogP contribution in [-0.4, -0.2) is 88.4 Å². The molecule has 2 heterocycles. The lowest BCUT2D eigenvalue weighted by Crippen LogP contribution is -2.53. The fourth-order valence-electron chi connectivity index (χ4n) is 3.77. The minimum absolute atomic E-state index is 0.335. The average Bonchev–Trinajstić information content (AvgIpc) is 2.71. The van der Waals surface area contributed by atoms with Gasteiger partial charge >= 0.3 is 0 Å². The summed E-state index contributed by atoms with van der Waals surface area (Å²) in [5, 5.41) is 3.47. The summed E-state index contributed by atoms with van der Waals surface area (Å²) < 4.78 is 32.9. The molecule has 2 fully saturated rings. The van der Waals surface area contributed by atoms with Crippen LogP contribution >= 0.6 is 0 Å². The molecule has 1 N–H and O–H groups in total. The highest BCUT2D eigenvalue weighted by Gasteiger charge is 2.22. The van der Waals surface area contributed by atoms with E-state index in [2.05, 4.69) is 27.0 Å². The second-order valence-electron chi connectivity index (χ2n) is 7.52. The van der Waals surface area contributed by atoms with Crippen LogP contribution in [0.3, 0.4) is 0 Å². The van der Waals surface area contributed by atoms with Gasteiger partial charge in [-0.05, 0) is 18.1 Å². The number of halogens is 2. The van der Waals surface area contributed by atoms with Gasteiger partial charge in [0.05, 0.1) is 18.9 Å². The van der Waals surface area contributed by atoms with E-state index in [0.29, 0.717) is 37.8 Å². The molecule has 0 spiro atoms. The highest BCUT2D eigenvalue weighted by molar-refractivity contribution is 5.80. The first-order valence-electron chi connectivity index (χ1n) is 10.0. The second-order valence-corrected chi connectivity index (χ2v) is 7.52. The first-order chi connectivity index (χ1) is 13.6. The number of nitrogens with one attached hydrogen (secondary N) is 1. The summed E-state index contributed by atoms with van der Waals surface area (Å²) in [6.07, 6.45) is 0. The monoisotopic (exact) mass is 395 g/mol. The van der Waals surface area contributed by atoms with E-state index in [9.17, 15) is 8.78 Å². The molecule has 2 aliphatic heterocycles. The summed E-state index contributed by atoms with van der Waals surface area (Å²) in [7, 11) is 1.79. The molecule has 1 atom stereocenters. The molecule has 8 heteroatoms. The van der Waals surface area contributed by atoms with Gasteiger partial charge < -0.3 is 19.9 Å². The number of hydrogen-bond acceptors (Lipinski definition) is 4. The number of morpholine rings is 1. The minimum atomic E-state index is -0.412. The predicted molar refractivity (Wildman–Crippen MR) is 108 cm³/mol. The fraction of sp³-hybridized carbons (Fsp3) is 0.650. The molecule has 3 rings (SSSR count). The van der Waals surface area contributed by atoms with Crippen LogP contribution in [0.5, 0.6) is 0 Å². The summed E-state index contributed by atoms with van der Waals surface area (Å²) in [4.78, 5) is 10.9. The zero-order valence-corrected chi connectivity index (χ0v) is 16.8. The molecule has 1 aromatic rings. The zero-order valence-electron chi connectivity index (χ0n) is 16.8. The van der Waals surface area contributed by atoms with Gasteiger partial charge in [0.25, 0.3) is 0 Å². The van der Waals surface area contributed by atoms with Crippen molar-refractivity contribution in [2.45, 2.75) is 6.92 Å². The van der Waals surface area contributed by atoms with Gasteiger partial charge in [-0.15, -0.1) is 0 Å². The lowest BCUT2D eigenvalue weighted by molar-refractivity contribution is 0.0320. The number of benzene rings is 1. The summed E-state index contributed by atoms with van der Waals surface area (Å²) in [6.45, 7) is 10.4. The van der Waals surface area contributed by atoms with Gasteiger partial charge in [-0.25, -0.2) is 8.78 Å². The zero-order chi connectivity index (χ0) is 19.9. The summed E-state index contributed by atoms with van der Waals surface area (Å²) in [6, 6.07) is 3.61. The van der Waals surface area contributed by atoms with Crippen LogP contribution in [-0.2, 0) is 4.74 Å². The van der Waals surface area contributed by atoms with E-state index in [1.165, 1.54) is 12.1 Å².